The maximum absolute atomic E-state index is 14.0. The summed E-state index contributed by atoms with van der Waals surface area (Å²) >= 11 is 1.25. The fourth-order valence-electron chi connectivity index (χ4n) is 3.07. The van der Waals surface area contributed by atoms with Crippen LogP contribution in [0.4, 0.5) is 8.78 Å². The molecule has 3 aromatic rings. The number of halogens is 2. The number of nitrogens with zero attached hydrogens (tertiary/aromatic N) is 3. The lowest BCUT2D eigenvalue weighted by Crippen LogP contribution is -2.17. The lowest BCUT2D eigenvalue weighted by Gasteiger charge is -2.13. The molecule has 0 saturated heterocycles. The van der Waals surface area contributed by atoms with E-state index in [1.807, 2.05) is 34.9 Å². The second kappa shape index (κ2) is 7.83. The normalized spacial score (nSPS) is 14.8. The molecule has 0 aliphatic heterocycles. The Bertz CT molecular complexity index is 1000. The molecule has 0 spiro atoms. The van der Waals surface area contributed by atoms with Gasteiger partial charge in [0.05, 0.1) is 17.4 Å². The third-order valence-electron chi connectivity index (χ3n) is 4.72. The van der Waals surface area contributed by atoms with Crippen molar-refractivity contribution in [3.8, 4) is 0 Å². The maximum Gasteiger partial charge on any atom is 0.192 e. The summed E-state index contributed by atoms with van der Waals surface area (Å²) in [6, 6.07) is 13.0. The molecule has 0 radical (unpaired) electrons. The van der Waals surface area contributed by atoms with Crippen LogP contribution in [0.5, 0.6) is 0 Å². The predicted molar refractivity (Wildman–Crippen MR) is 104 cm³/mol. The van der Waals surface area contributed by atoms with Gasteiger partial charge in [-0.1, -0.05) is 42.1 Å². The van der Waals surface area contributed by atoms with Gasteiger partial charge in [-0.3, -0.25) is 4.79 Å². The number of carbonyl (C=O) groups is 1. The maximum atomic E-state index is 14.0. The van der Waals surface area contributed by atoms with Gasteiger partial charge in [-0.05, 0) is 37.5 Å². The molecule has 2 aromatic carbocycles. The fourth-order valence-corrected chi connectivity index (χ4v) is 3.99. The predicted octanol–water partition coefficient (Wildman–Crippen LogP) is 4.85. The van der Waals surface area contributed by atoms with E-state index >= 15 is 0 Å². The zero-order chi connectivity index (χ0) is 19.7. The molecule has 28 heavy (non-hydrogen) atoms. The van der Waals surface area contributed by atoms with Crippen molar-refractivity contribution in [1.82, 2.24) is 14.8 Å². The van der Waals surface area contributed by atoms with Crippen molar-refractivity contribution in [1.29, 1.82) is 0 Å². The number of hydrogen-bond donors (Lipinski definition) is 0. The van der Waals surface area contributed by atoms with Crippen LogP contribution in [-0.4, -0.2) is 25.8 Å². The summed E-state index contributed by atoms with van der Waals surface area (Å²) in [6.45, 7) is 2.32. The highest BCUT2D eigenvalue weighted by Gasteiger charge is 2.31. The molecule has 0 N–H and O–H groups in total. The molecule has 1 aliphatic rings. The van der Waals surface area contributed by atoms with Crippen molar-refractivity contribution in [2.75, 3.05) is 0 Å². The molecule has 144 valence electrons. The Morgan fingerprint density at radius 3 is 2.61 bits per heavy atom. The Morgan fingerprint density at radius 2 is 1.93 bits per heavy atom. The topological polar surface area (TPSA) is 47.8 Å². The molecule has 0 amide bonds. The third kappa shape index (κ3) is 3.99. The summed E-state index contributed by atoms with van der Waals surface area (Å²) in [5.41, 5.74) is 1.01. The molecule has 1 saturated carbocycles. The highest BCUT2D eigenvalue weighted by Crippen LogP contribution is 2.40. The number of carbonyl (C=O) groups excluding carboxylic acids is 1. The molecule has 1 unspecified atom stereocenters. The number of hydrogen-bond acceptors (Lipinski definition) is 4. The van der Waals surface area contributed by atoms with Crippen LogP contribution in [0, 0.1) is 11.6 Å². The molecule has 4 nitrogen and oxygen atoms in total. The first kappa shape index (κ1) is 18.8. The van der Waals surface area contributed by atoms with Crippen LogP contribution in [0.3, 0.4) is 0 Å². The average Bonchev–Trinajstić information content (AvgIpc) is 3.45. The van der Waals surface area contributed by atoms with E-state index in [4.69, 9.17) is 0 Å². The molecule has 1 atom stereocenters. The van der Waals surface area contributed by atoms with Crippen LogP contribution in [0.15, 0.2) is 53.7 Å². The minimum atomic E-state index is -0.845. The van der Waals surface area contributed by atoms with Crippen molar-refractivity contribution >= 4 is 17.5 Å². The molecule has 1 fully saturated rings. The minimum absolute atomic E-state index is 0.113. The summed E-state index contributed by atoms with van der Waals surface area (Å²) in [7, 11) is 0. The van der Waals surface area contributed by atoms with Gasteiger partial charge in [0.15, 0.2) is 10.9 Å². The monoisotopic (exact) mass is 399 g/mol. The Balaban J connectivity index is 1.58. The molecule has 1 heterocycles. The van der Waals surface area contributed by atoms with Gasteiger partial charge < -0.3 is 4.57 Å². The Hall–Kier alpha value is -2.54. The summed E-state index contributed by atoms with van der Waals surface area (Å²) in [5, 5.41) is 8.70. The second-order valence-corrected chi connectivity index (χ2v) is 8.24. The number of ketones is 1. The van der Waals surface area contributed by atoms with Crippen LogP contribution < -0.4 is 0 Å². The molecular weight excluding hydrogens is 380 g/mol. The number of rotatable bonds is 7. The van der Waals surface area contributed by atoms with Gasteiger partial charge in [-0.15, -0.1) is 10.2 Å². The Labute approximate surface area is 166 Å². The van der Waals surface area contributed by atoms with E-state index in [9.17, 15) is 13.6 Å². The number of thioether (sulfide) groups is 1. The van der Waals surface area contributed by atoms with Crippen LogP contribution >= 0.6 is 11.8 Å². The average molecular weight is 399 g/mol. The SMILES string of the molecule is CC(Sc1nnc(C2CC2)n1Cc1ccccc1)C(=O)c1ccc(F)cc1F. The highest BCUT2D eigenvalue weighted by atomic mass is 32.2. The van der Waals surface area contributed by atoms with Gasteiger partial charge in [0.1, 0.15) is 17.5 Å². The Kier molecular flexibility index (Phi) is 5.26. The lowest BCUT2D eigenvalue weighted by molar-refractivity contribution is 0.0990. The van der Waals surface area contributed by atoms with Crippen molar-refractivity contribution in [3.63, 3.8) is 0 Å². The number of Topliss-reactive ketones (excluding diaryl/α,β-unsaturated/α-hetero) is 1. The van der Waals surface area contributed by atoms with E-state index in [-0.39, 0.29) is 5.56 Å². The molecule has 4 rings (SSSR count). The highest BCUT2D eigenvalue weighted by molar-refractivity contribution is 8.00. The minimum Gasteiger partial charge on any atom is -0.301 e. The molecule has 1 aromatic heterocycles. The van der Waals surface area contributed by atoms with Gasteiger partial charge in [-0.2, -0.15) is 0 Å². The summed E-state index contributed by atoms with van der Waals surface area (Å²) in [4.78, 5) is 12.7. The molecule has 7 heteroatoms. The fraction of sp³-hybridized carbons (Fsp3) is 0.286. The van der Waals surface area contributed by atoms with E-state index in [1.165, 1.54) is 17.8 Å². The third-order valence-corrected chi connectivity index (χ3v) is 5.80. The van der Waals surface area contributed by atoms with Gasteiger partial charge in [-0.25, -0.2) is 8.78 Å². The van der Waals surface area contributed by atoms with E-state index in [2.05, 4.69) is 10.2 Å². The van der Waals surface area contributed by atoms with Gasteiger partial charge >= 0.3 is 0 Å². The lowest BCUT2D eigenvalue weighted by atomic mass is 10.1. The van der Waals surface area contributed by atoms with Gasteiger partial charge in [0, 0.05) is 12.0 Å². The number of aromatic nitrogens is 3. The van der Waals surface area contributed by atoms with Gasteiger partial charge in [0.25, 0.3) is 0 Å². The largest absolute Gasteiger partial charge is 0.301 e. The quantitative estimate of drug-likeness (QED) is 0.421. The first-order chi connectivity index (χ1) is 13.5. The van der Waals surface area contributed by atoms with Crippen molar-refractivity contribution in [2.24, 2.45) is 0 Å². The summed E-state index contributed by atoms with van der Waals surface area (Å²) in [6.07, 6.45) is 2.18. The first-order valence-electron chi connectivity index (χ1n) is 9.16. The van der Waals surface area contributed by atoms with Crippen LogP contribution in [0.25, 0.3) is 0 Å². The standard InChI is InChI=1S/C21H19F2N3OS/c1-13(19(27)17-10-9-16(22)11-18(17)23)28-21-25-24-20(15-7-8-15)26(21)12-14-5-3-2-4-6-14/h2-6,9-11,13,15H,7-8,12H2,1H3. The van der Waals surface area contributed by atoms with Crippen LogP contribution in [0.1, 0.15) is 47.4 Å². The summed E-state index contributed by atoms with van der Waals surface area (Å²) < 4.78 is 29.2. The zero-order valence-electron chi connectivity index (χ0n) is 15.3. The van der Waals surface area contributed by atoms with Crippen molar-refractivity contribution in [3.05, 3.63) is 77.1 Å². The zero-order valence-corrected chi connectivity index (χ0v) is 16.1. The van der Waals surface area contributed by atoms with Crippen LogP contribution in [-0.2, 0) is 6.54 Å². The van der Waals surface area contributed by atoms with Crippen molar-refractivity contribution < 1.29 is 13.6 Å². The van der Waals surface area contributed by atoms with Crippen LogP contribution in [0.2, 0.25) is 0 Å². The van der Waals surface area contributed by atoms with E-state index in [1.54, 1.807) is 6.92 Å². The molecular formula is C21H19F2N3OS. The number of benzene rings is 2. The summed E-state index contributed by atoms with van der Waals surface area (Å²) in [5.74, 6) is -0.609. The van der Waals surface area contributed by atoms with Gasteiger partial charge in [0.2, 0.25) is 0 Å². The smallest absolute Gasteiger partial charge is 0.192 e. The van der Waals surface area contributed by atoms with E-state index < -0.39 is 22.7 Å². The first-order valence-corrected chi connectivity index (χ1v) is 10.0. The Morgan fingerprint density at radius 1 is 1.18 bits per heavy atom. The second-order valence-electron chi connectivity index (χ2n) is 6.94. The molecule has 1 aliphatic carbocycles. The van der Waals surface area contributed by atoms with Crippen molar-refractivity contribution in [2.45, 2.75) is 42.6 Å². The molecule has 0 bridgehead atoms. The van der Waals surface area contributed by atoms with E-state index in [0.29, 0.717) is 17.6 Å². The van der Waals surface area contributed by atoms with E-state index in [0.717, 1.165) is 36.4 Å².